The van der Waals surface area contributed by atoms with Gasteiger partial charge >= 0.3 is 0 Å². The topological polar surface area (TPSA) is 59.2 Å². The molecule has 0 unspecified atom stereocenters. The third kappa shape index (κ3) is 3.96. The number of halogens is 1. The zero-order valence-electron chi connectivity index (χ0n) is 10.6. The van der Waals surface area contributed by atoms with Gasteiger partial charge in [-0.25, -0.2) is 0 Å². The highest BCUT2D eigenvalue weighted by atomic mass is 35.5. The first-order valence-electron chi connectivity index (χ1n) is 6.11. The number of carbonyl (C=O) groups excluding carboxylic acids is 1. The third-order valence-electron chi connectivity index (χ3n) is 3.19. The Morgan fingerprint density at radius 2 is 2.28 bits per heavy atom. The molecule has 0 atom stereocenters. The van der Waals surface area contributed by atoms with Crippen molar-refractivity contribution in [2.45, 2.75) is 25.8 Å². The van der Waals surface area contributed by atoms with Crippen LogP contribution in [0, 0.1) is 5.92 Å². The minimum absolute atomic E-state index is 0. The van der Waals surface area contributed by atoms with Crippen molar-refractivity contribution in [2.75, 3.05) is 13.6 Å². The van der Waals surface area contributed by atoms with E-state index in [1.54, 1.807) is 23.2 Å². The predicted molar refractivity (Wildman–Crippen MR) is 73.7 cm³/mol. The van der Waals surface area contributed by atoms with Crippen LogP contribution >= 0.6 is 12.4 Å². The highest BCUT2D eigenvalue weighted by Gasteiger charge is 2.22. The lowest BCUT2D eigenvalue weighted by Crippen LogP contribution is -2.28. The van der Waals surface area contributed by atoms with E-state index in [4.69, 9.17) is 5.73 Å². The fourth-order valence-electron chi connectivity index (χ4n) is 1.83. The van der Waals surface area contributed by atoms with Gasteiger partial charge in [-0.3, -0.25) is 9.78 Å². The number of rotatable bonds is 5. The van der Waals surface area contributed by atoms with Crippen LogP contribution in [-0.4, -0.2) is 29.4 Å². The lowest BCUT2D eigenvalue weighted by atomic mass is 10.2. The van der Waals surface area contributed by atoms with Gasteiger partial charge in [0.25, 0.3) is 5.91 Å². The first-order chi connectivity index (χ1) is 8.20. The molecule has 1 amide bonds. The Bertz CT molecular complexity index is 407. The average molecular weight is 270 g/mol. The second kappa shape index (κ2) is 6.71. The van der Waals surface area contributed by atoms with Crippen LogP contribution in [0.25, 0.3) is 0 Å². The van der Waals surface area contributed by atoms with E-state index in [-0.39, 0.29) is 18.3 Å². The molecule has 4 nitrogen and oxygen atoms in total. The molecule has 2 rings (SSSR count). The molecular weight excluding hydrogens is 250 g/mol. The number of amides is 1. The summed E-state index contributed by atoms with van der Waals surface area (Å²) in [7, 11) is 1.85. The van der Waals surface area contributed by atoms with Crippen LogP contribution < -0.4 is 5.73 Å². The summed E-state index contributed by atoms with van der Waals surface area (Å²) in [5, 5.41) is 0. The van der Waals surface area contributed by atoms with Crippen molar-refractivity contribution in [1.29, 1.82) is 0 Å². The highest BCUT2D eigenvalue weighted by molar-refractivity contribution is 5.94. The molecule has 2 N–H and O–H groups in total. The predicted octanol–water partition coefficient (Wildman–Crippen LogP) is 1.83. The zero-order chi connectivity index (χ0) is 12.3. The highest BCUT2D eigenvalue weighted by Crippen LogP contribution is 2.32. The summed E-state index contributed by atoms with van der Waals surface area (Å²) in [5.74, 6) is 0.907. The van der Waals surface area contributed by atoms with E-state index in [0.29, 0.717) is 12.1 Å². The summed E-state index contributed by atoms with van der Waals surface area (Å²) in [4.78, 5) is 18.0. The van der Waals surface area contributed by atoms with Crippen LogP contribution in [0.5, 0.6) is 0 Å². The van der Waals surface area contributed by atoms with E-state index < -0.39 is 0 Å². The maximum absolute atomic E-state index is 12.1. The van der Waals surface area contributed by atoms with E-state index in [9.17, 15) is 4.79 Å². The molecule has 100 valence electrons. The molecule has 0 aromatic carbocycles. The van der Waals surface area contributed by atoms with Crippen LogP contribution in [0.15, 0.2) is 18.3 Å². The van der Waals surface area contributed by atoms with Crippen LogP contribution in [-0.2, 0) is 6.54 Å². The Kier molecular flexibility index (Phi) is 5.56. The van der Waals surface area contributed by atoms with Gasteiger partial charge in [0.05, 0.1) is 5.69 Å². The van der Waals surface area contributed by atoms with Gasteiger partial charge < -0.3 is 10.6 Å². The summed E-state index contributed by atoms with van der Waals surface area (Å²) in [5.41, 5.74) is 6.95. The summed E-state index contributed by atoms with van der Waals surface area (Å²) >= 11 is 0. The second-order valence-corrected chi connectivity index (χ2v) is 4.70. The zero-order valence-corrected chi connectivity index (χ0v) is 11.4. The van der Waals surface area contributed by atoms with Crippen LogP contribution in [0.2, 0.25) is 0 Å². The van der Waals surface area contributed by atoms with E-state index in [1.165, 1.54) is 12.8 Å². The number of hydrogen-bond donors (Lipinski definition) is 1. The van der Waals surface area contributed by atoms with E-state index in [1.807, 2.05) is 7.05 Å². The van der Waals surface area contributed by atoms with Crippen molar-refractivity contribution in [1.82, 2.24) is 9.88 Å². The molecule has 1 aromatic rings. The molecule has 0 spiro atoms. The van der Waals surface area contributed by atoms with Gasteiger partial charge in [0.15, 0.2) is 0 Å². The Morgan fingerprint density at radius 1 is 1.56 bits per heavy atom. The van der Waals surface area contributed by atoms with Crippen molar-refractivity contribution >= 4 is 18.3 Å². The molecule has 18 heavy (non-hydrogen) atoms. The van der Waals surface area contributed by atoms with Crippen molar-refractivity contribution in [3.8, 4) is 0 Å². The van der Waals surface area contributed by atoms with Gasteiger partial charge in [-0.15, -0.1) is 12.4 Å². The van der Waals surface area contributed by atoms with Crippen molar-refractivity contribution < 1.29 is 4.79 Å². The van der Waals surface area contributed by atoms with Crippen LogP contribution in [0.1, 0.15) is 35.3 Å². The molecule has 1 fully saturated rings. The smallest absolute Gasteiger partial charge is 0.253 e. The number of nitrogens with zero attached hydrogens (tertiary/aromatic N) is 2. The SMILES string of the molecule is CN(CCC1CC1)C(=O)c1ccnc(CN)c1.Cl. The molecule has 5 heteroatoms. The van der Waals surface area contributed by atoms with E-state index in [0.717, 1.165) is 24.6 Å². The van der Waals surface area contributed by atoms with Crippen LogP contribution in [0.4, 0.5) is 0 Å². The summed E-state index contributed by atoms with van der Waals surface area (Å²) in [6, 6.07) is 3.52. The van der Waals surface area contributed by atoms with Gasteiger partial charge in [0, 0.05) is 31.9 Å². The number of nitrogens with two attached hydrogens (primary N) is 1. The molecule has 1 saturated carbocycles. The molecule has 1 aliphatic rings. The largest absolute Gasteiger partial charge is 0.342 e. The number of hydrogen-bond acceptors (Lipinski definition) is 3. The molecule has 0 aliphatic heterocycles. The van der Waals surface area contributed by atoms with Crippen molar-refractivity contribution in [3.63, 3.8) is 0 Å². The molecule has 0 bridgehead atoms. The molecule has 0 saturated heterocycles. The number of aromatic nitrogens is 1. The third-order valence-corrected chi connectivity index (χ3v) is 3.19. The number of carbonyl (C=O) groups is 1. The van der Waals surface area contributed by atoms with Crippen molar-refractivity contribution in [2.24, 2.45) is 11.7 Å². The normalized spacial score (nSPS) is 13.9. The van der Waals surface area contributed by atoms with Gasteiger partial charge in [-0.2, -0.15) is 0 Å². The van der Waals surface area contributed by atoms with E-state index >= 15 is 0 Å². The first-order valence-corrected chi connectivity index (χ1v) is 6.11. The summed E-state index contributed by atoms with van der Waals surface area (Å²) in [6.45, 7) is 1.21. The Balaban J connectivity index is 0.00000162. The summed E-state index contributed by atoms with van der Waals surface area (Å²) in [6.07, 6.45) is 5.42. The minimum atomic E-state index is 0. The quantitative estimate of drug-likeness (QED) is 0.887. The monoisotopic (exact) mass is 269 g/mol. The van der Waals surface area contributed by atoms with Gasteiger partial charge in [0.2, 0.25) is 0 Å². The number of pyridine rings is 1. The average Bonchev–Trinajstić information content (AvgIpc) is 3.19. The molecule has 1 heterocycles. The standard InChI is InChI=1S/C13H19N3O.ClH/c1-16(7-5-10-2-3-10)13(17)11-4-6-15-12(8-11)9-14;/h4,6,8,10H,2-3,5,7,9,14H2,1H3;1H. The lowest BCUT2D eigenvalue weighted by Gasteiger charge is -2.17. The molecule has 1 aromatic heterocycles. The molecular formula is C13H20ClN3O. The molecule has 1 aliphatic carbocycles. The van der Waals surface area contributed by atoms with Gasteiger partial charge in [-0.05, 0) is 24.5 Å². The first kappa shape index (κ1) is 14.9. The fourth-order valence-corrected chi connectivity index (χ4v) is 1.83. The second-order valence-electron chi connectivity index (χ2n) is 4.70. The maximum Gasteiger partial charge on any atom is 0.253 e. The lowest BCUT2D eigenvalue weighted by molar-refractivity contribution is 0.0791. The van der Waals surface area contributed by atoms with Crippen molar-refractivity contribution in [3.05, 3.63) is 29.6 Å². The Morgan fingerprint density at radius 3 is 2.89 bits per heavy atom. The Hall–Kier alpha value is -1.13. The van der Waals surface area contributed by atoms with Gasteiger partial charge in [-0.1, -0.05) is 12.8 Å². The van der Waals surface area contributed by atoms with E-state index in [2.05, 4.69) is 4.98 Å². The maximum atomic E-state index is 12.1. The summed E-state index contributed by atoms with van der Waals surface area (Å²) < 4.78 is 0. The minimum Gasteiger partial charge on any atom is -0.342 e. The van der Waals surface area contributed by atoms with Gasteiger partial charge in [0.1, 0.15) is 0 Å². The fraction of sp³-hybridized carbons (Fsp3) is 0.538. The molecule has 0 radical (unpaired) electrons. The Labute approximate surface area is 114 Å². The van der Waals surface area contributed by atoms with Crippen LogP contribution in [0.3, 0.4) is 0 Å².